The van der Waals surface area contributed by atoms with Crippen molar-refractivity contribution in [1.82, 2.24) is 25.1 Å². The lowest BCUT2D eigenvalue weighted by Crippen LogP contribution is -2.35. The van der Waals surface area contributed by atoms with Crippen molar-refractivity contribution in [1.29, 1.82) is 0 Å². The molecule has 0 aliphatic rings. The van der Waals surface area contributed by atoms with Crippen molar-refractivity contribution in [2.75, 3.05) is 0 Å². The van der Waals surface area contributed by atoms with Crippen molar-refractivity contribution >= 4 is 0 Å². The Morgan fingerprint density at radius 2 is 2.18 bits per heavy atom. The van der Waals surface area contributed by atoms with Gasteiger partial charge in [-0.15, -0.1) is 0 Å². The van der Waals surface area contributed by atoms with Crippen molar-refractivity contribution in [2.45, 2.75) is 39.4 Å². The Balaban J connectivity index is 2.02. The van der Waals surface area contributed by atoms with E-state index in [9.17, 15) is 0 Å². The van der Waals surface area contributed by atoms with Crippen LogP contribution in [0.3, 0.4) is 0 Å². The molecule has 0 aliphatic heterocycles. The quantitative estimate of drug-likeness (QED) is 0.842. The average molecular weight is 233 g/mol. The molecule has 2 N–H and O–H groups in total. The minimum Gasteiger partial charge on any atom is -0.329 e. The van der Waals surface area contributed by atoms with Crippen LogP contribution in [-0.2, 0) is 13.1 Å². The Kier molecular flexibility index (Phi) is 3.28. The fourth-order valence-corrected chi connectivity index (χ4v) is 1.55. The molecule has 2 rings (SSSR count). The number of hydrogen-bond donors (Lipinski definition) is 2. The number of nitrogens with zero attached hydrogens (tertiary/aromatic N) is 3. The van der Waals surface area contributed by atoms with Crippen LogP contribution in [0.1, 0.15) is 32.0 Å². The number of imidazole rings is 1. The number of rotatable bonds is 4. The summed E-state index contributed by atoms with van der Waals surface area (Å²) < 4.78 is 2.13. The number of aromatic amines is 1. The monoisotopic (exact) mass is 233 g/mol. The van der Waals surface area contributed by atoms with Crippen LogP contribution in [0, 0.1) is 0 Å². The molecule has 0 saturated carbocycles. The molecular weight excluding hydrogens is 214 g/mol. The fraction of sp³-hybridized carbons (Fsp3) is 0.500. The van der Waals surface area contributed by atoms with E-state index in [1.54, 1.807) is 0 Å². The van der Waals surface area contributed by atoms with Gasteiger partial charge < -0.3 is 9.88 Å². The van der Waals surface area contributed by atoms with Crippen LogP contribution < -0.4 is 5.32 Å². The summed E-state index contributed by atoms with van der Waals surface area (Å²) in [5.41, 5.74) is 2.45. The van der Waals surface area contributed by atoms with Crippen molar-refractivity contribution in [3.05, 3.63) is 36.2 Å². The second kappa shape index (κ2) is 4.71. The van der Waals surface area contributed by atoms with Gasteiger partial charge in [0.1, 0.15) is 0 Å². The number of aromatic nitrogens is 4. The first kappa shape index (κ1) is 11.9. The van der Waals surface area contributed by atoms with E-state index < -0.39 is 0 Å². The number of hydrogen-bond acceptors (Lipinski definition) is 3. The Hall–Kier alpha value is -1.62. The lowest BCUT2D eigenvalue weighted by molar-refractivity contribution is 0.417. The van der Waals surface area contributed by atoms with Crippen LogP contribution >= 0.6 is 0 Å². The summed E-state index contributed by atoms with van der Waals surface area (Å²) in [6, 6.07) is 0. The zero-order chi connectivity index (χ0) is 12.3. The first-order valence-electron chi connectivity index (χ1n) is 5.76. The van der Waals surface area contributed by atoms with Gasteiger partial charge in [-0.2, -0.15) is 5.10 Å². The lowest BCUT2D eigenvalue weighted by atomic mass is 10.1. The first-order chi connectivity index (χ1) is 8.04. The molecule has 0 unspecified atom stereocenters. The highest BCUT2D eigenvalue weighted by atomic mass is 15.1. The zero-order valence-corrected chi connectivity index (χ0v) is 10.6. The average Bonchev–Trinajstić information content (AvgIpc) is 2.86. The third-order valence-corrected chi connectivity index (χ3v) is 2.51. The van der Waals surface area contributed by atoms with Crippen LogP contribution in [0.25, 0.3) is 0 Å². The number of nitrogens with one attached hydrogen (secondary N) is 2. The molecule has 0 saturated heterocycles. The van der Waals surface area contributed by atoms with Crippen molar-refractivity contribution in [3.63, 3.8) is 0 Å². The van der Waals surface area contributed by atoms with Gasteiger partial charge in [-0.3, -0.25) is 5.10 Å². The summed E-state index contributed by atoms with van der Waals surface area (Å²) in [4.78, 5) is 4.20. The molecule has 5 nitrogen and oxygen atoms in total. The minimum absolute atomic E-state index is 0.116. The van der Waals surface area contributed by atoms with Crippen molar-refractivity contribution < 1.29 is 0 Å². The second-order valence-corrected chi connectivity index (χ2v) is 5.22. The molecule has 2 aromatic rings. The van der Waals surface area contributed by atoms with Gasteiger partial charge in [0.2, 0.25) is 0 Å². The predicted octanol–water partition coefficient (Wildman–Crippen LogP) is 1.54. The van der Waals surface area contributed by atoms with E-state index in [-0.39, 0.29) is 5.54 Å². The van der Waals surface area contributed by atoms with Gasteiger partial charge >= 0.3 is 0 Å². The fourth-order valence-electron chi connectivity index (χ4n) is 1.55. The third-order valence-electron chi connectivity index (χ3n) is 2.51. The molecule has 0 aliphatic carbocycles. The molecule has 17 heavy (non-hydrogen) atoms. The molecule has 0 bridgehead atoms. The zero-order valence-electron chi connectivity index (χ0n) is 10.6. The van der Waals surface area contributed by atoms with Crippen molar-refractivity contribution in [3.8, 4) is 0 Å². The van der Waals surface area contributed by atoms with E-state index in [2.05, 4.69) is 45.8 Å². The van der Waals surface area contributed by atoms with Gasteiger partial charge in [-0.05, 0) is 20.8 Å². The van der Waals surface area contributed by atoms with E-state index in [0.29, 0.717) is 0 Å². The standard InChI is InChI=1S/C12H19N5/c1-12(2,3)14-7-11-6-13-9-17(11)8-10-4-15-16-5-10/h4-6,9,14H,7-8H2,1-3H3,(H,15,16). The molecule has 5 heteroatoms. The predicted molar refractivity (Wildman–Crippen MR) is 66.5 cm³/mol. The Morgan fingerprint density at radius 3 is 2.82 bits per heavy atom. The van der Waals surface area contributed by atoms with Crippen LogP contribution in [0.2, 0.25) is 0 Å². The van der Waals surface area contributed by atoms with Gasteiger partial charge in [0, 0.05) is 30.0 Å². The highest BCUT2D eigenvalue weighted by Gasteiger charge is 2.10. The summed E-state index contributed by atoms with van der Waals surface area (Å²) in [6.07, 6.45) is 7.49. The van der Waals surface area contributed by atoms with E-state index in [4.69, 9.17) is 0 Å². The van der Waals surface area contributed by atoms with E-state index in [1.807, 2.05) is 24.9 Å². The van der Waals surface area contributed by atoms with E-state index in [0.717, 1.165) is 18.7 Å². The molecule has 0 atom stereocenters. The molecule has 0 radical (unpaired) electrons. The van der Waals surface area contributed by atoms with Crippen LogP contribution in [-0.4, -0.2) is 25.3 Å². The molecule has 0 spiro atoms. The maximum absolute atomic E-state index is 4.20. The Bertz CT molecular complexity index is 449. The highest BCUT2D eigenvalue weighted by molar-refractivity contribution is 5.07. The summed E-state index contributed by atoms with van der Waals surface area (Å²) in [7, 11) is 0. The maximum Gasteiger partial charge on any atom is 0.0951 e. The second-order valence-electron chi connectivity index (χ2n) is 5.22. The molecule has 0 fully saturated rings. The van der Waals surface area contributed by atoms with Gasteiger partial charge in [0.25, 0.3) is 0 Å². The Morgan fingerprint density at radius 1 is 1.35 bits per heavy atom. The van der Waals surface area contributed by atoms with E-state index in [1.165, 1.54) is 5.69 Å². The van der Waals surface area contributed by atoms with Crippen LogP contribution in [0.15, 0.2) is 24.9 Å². The van der Waals surface area contributed by atoms with Gasteiger partial charge in [-0.25, -0.2) is 4.98 Å². The first-order valence-corrected chi connectivity index (χ1v) is 5.76. The van der Waals surface area contributed by atoms with Crippen LogP contribution in [0.5, 0.6) is 0 Å². The van der Waals surface area contributed by atoms with Gasteiger partial charge in [0.05, 0.1) is 24.8 Å². The highest BCUT2D eigenvalue weighted by Crippen LogP contribution is 2.07. The summed E-state index contributed by atoms with van der Waals surface area (Å²) >= 11 is 0. The Labute approximate surface area is 101 Å². The summed E-state index contributed by atoms with van der Waals surface area (Å²) in [5, 5.41) is 10.2. The molecule has 92 valence electrons. The smallest absolute Gasteiger partial charge is 0.0951 e. The van der Waals surface area contributed by atoms with E-state index >= 15 is 0 Å². The maximum atomic E-state index is 4.20. The third kappa shape index (κ3) is 3.42. The lowest BCUT2D eigenvalue weighted by Gasteiger charge is -2.20. The summed E-state index contributed by atoms with van der Waals surface area (Å²) in [6.45, 7) is 8.09. The summed E-state index contributed by atoms with van der Waals surface area (Å²) in [5.74, 6) is 0. The molecule has 2 aromatic heterocycles. The molecule has 0 amide bonds. The largest absolute Gasteiger partial charge is 0.329 e. The molecule has 0 aromatic carbocycles. The van der Waals surface area contributed by atoms with Crippen LogP contribution in [0.4, 0.5) is 0 Å². The van der Waals surface area contributed by atoms with Gasteiger partial charge in [0.15, 0.2) is 0 Å². The topological polar surface area (TPSA) is 58.5 Å². The molecule has 2 heterocycles. The van der Waals surface area contributed by atoms with Crippen molar-refractivity contribution in [2.24, 2.45) is 0 Å². The SMILES string of the molecule is CC(C)(C)NCc1cncn1Cc1cn[nH]c1. The van der Waals surface area contributed by atoms with Gasteiger partial charge in [-0.1, -0.05) is 0 Å². The normalized spacial score (nSPS) is 11.9. The molecular formula is C12H19N5. The minimum atomic E-state index is 0.116. The number of H-pyrrole nitrogens is 1.